The van der Waals surface area contributed by atoms with E-state index in [0.29, 0.717) is 6.73 Å². The molecule has 0 bridgehead atoms. The first-order valence-corrected chi connectivity index (χ1v) is 5.65. The lowest BCUT2D eigenvalue weighted by molar-refractivity contribution is 0.0797. The van der Waals surface area contributed by atoms with Crippen molar-refractivity contribution in [2.45, 2.75) is 20.1 Å². The Kier molecular flexibility index (Phi) is 3.33. The number of hydrogen-bond donors (Lipinski definition) is 0. The van der Waals surface area contributed by atoms with E-state index in [1.807, 2.05) is 16.7 Å². The fourth-order valence-corrected chi connectivity index (χ4v) is 1.62. The molecule has 80 valence electrons. The summed E-state index contributed by atoms with van der Waals surface area (Å²) in [7, 11) is 0. The third-order valence-electron chi connectivity index (χ3n) is 2.01. The van der Waals surface area contributed by atoms with Gasteiger partial charge in [0, 0.05) is 6.61 Å². The minimum atomic E-state index is 0.508. The zero-order chi connectivity index (χ0) is 10.7. The average molecular weight is 270 g/mol. The second-order valence-corrected chi connectivity index (χ2v) is 4.04. The van der Waals surface area contributed by atoms with Gasteiger partial charge < -0.3 is 4.74 Å². The molecule has 4 nitrogen and oxygen atoms in total. The topological polar surface area (TPSA) is 39.9 Å². The Bertz CT molecular complexity index is 455. The van der Waals surface area contributed by atoms with Crippen LogP contribution in [-0.2, 0) is 11.5 Å². The van der Waals surface area contributed by atoms with Gasteiger partial charge in [0.15, 0.2) is 5.65 Å². The van der Waals surface area contributed by atoms with E-state index >= 15 is 0 Å². The molecule has 0 fully saturated rings. The highest BCUT2D eigenvalue weighted by Gasteiger charge is 2.03. The number of imidazole rings is 1. The Labute approximate surface area is 96.4 Å². The summed E-state index contributed by atoms with van der Waals surface area (Å²) in [6, 6.07) is 3.81. The number of fused-ring (bicyclic) bond motifs is 1. The average Bonchev–Trinajstić information content (AvgIpc) is 2.62. The zero-order valence-electron chi connectivity index (χ0n) is 8.48. The summed E-state index contributed by atoms with van der Waals surface area (Å²) in [5.41, 5.74) is 1.73. The summed E-state index contributed by atoms with van der Waals surface area (Å²) in [5.74, 6) is 0. The molecular weight excluding hydrogens is 258 g/mol. The van der Waals surface area contributed by atoms with Crippen molar-refractivity contribution in [3.8, 4) is 0 Å². The SMILES string of the molecule is CCCOCn1cnc2ccc(Br)nc21. The summed E-state index contributed by atoms with van der Waals surface area (Å²) in [4.78, 5) is 8.59. The molecule has 0 atom stereocenters. The van der Waals surface area contributed by atoms with E-state index < -0.39 is 0 Å². The maximum atomic E-state index is 5.44. The van der Waals surface area contributed by atoms with Crippen LogP contribution in [0.3, 0.4) is 0 Å². The smallest absolute Gasteiger partial charge is 0.162 e. The minimum absolute atomic E-state index is 0.508. The van der Waals surface area contributed by atoms with Crippen LogP contribution in [0.5, 0.6) is 0 Å². The van der Waals surface area contributed by atoms with Crippen molar-refractivity contribution >= 4 is 27.1 Å². The van der Waals surface area contributed by atoms with Gasteiger partial charge in [0.1, 0.15) is 16.9 Å². The van der Waals surface area contributed by atoms with Crippen molar-refractivity contribution < 1.29 is 4.74 Å². The lowest BCUT2D eigenvalue weighted by atomic mass is 10.4. The molecule has 0 aliphatic rings. The van der Waals surface area contributed by atoms with Gasteiger partial charge in [-0.2, -0.15) is 0 Å². The van der Waals surface area contributed by atoms with Crippen LogP contribution in [0.2, 0.25) is 0 Å². The molecule has 2 aromatic rings. The number of halogens is 1. The molecule has 5 heteroatoms. The monoisotopic (exact) mass is 269 g/mol. The van der Waals surface area contributed by atoms with Crippen molar-refractivity contribution in [1.29, 1.82) is 0 Å². The van der Waals surface area contributed by atoms with Gasteiger partial charge in [0.2, 0.25) is 0 Å². The van der Waals surface area contributed by atoms with E-state index in [0.717, 1.165) is 28.8 Å². The molecule has 0 unspecified atom stereocenters. The standard InChI is InChI=1S/C10H12BrN3O/c1-2-5-15-7-14-6-12-8-3-4-9(11)13-10(8)14/h3-4,6H,2,5,7H2,1H3. The summed E-state index contributed by atoms with van der Waals surface area (Å²) in [6.07, 6.45) is 2.77. The first-order chi connectivity index (χ1) is 7.31. The maximum Gasteiger partial charge on any atom is 0.162 e. The third-order valence-corrected chi connectivity index (χ3v) is 2.45. The molecule has 0 radical (unpaired) electrons. The van der Waals surface area contributed by atoms with E-state index in [1.165, 1.54) is 0 Å². The maximum absolute atomic E-state index is 5.44. The van der Waals surface area contributed by atoms with Gasteiger partial charge in [-0.15, -0.1) is 0 Å². The first kappa shape index (κ1) is 10.6. The minimum Gasteiger partial charge on any atom is -0.361 e. The number of aromatic nitrogens is 3. The van der Waals surface area contributed by atoms with Crippen LogP contribution in [0, 0.1) is 0 Å². The Morgan fingerprint density at radius 3 is 3.13 bits per heavy atom. The second kappa shape index (κ2) is 4.72. The Balaban J connectivity index is 2.23. The molecule has 2 rings (SSSR count). The van der Waals surface area contributed by atoms with Gasteiger partial charge in [-0.05, 0) is 34.5 Å². The van der Waals surface area contributed by atoms with Gasteiger partial charge in [0.25, 0.3) is 0 Å². The Morgan fingerprint density at radius 2 is 2.33 bits per heavy atom. The van der Waals surface area contributed by atoms with E-state index in [-0.39, 0.29) is 0 Å². The van der Waals surface area contributed by atoms with Gasteiger partial charge in [0.05, 0.1) is 6.33 Å². The van der Waals surface area contributed by atoms with Crippen LogP contribution in [-0.4, -0.2) is 21.1 Å². The molecule has 15 heavy (non-hydrogen) atoms. The molecular formula is C10H12BrN3O. The molecule has 0 saturated carbocycles. The molecule has 2 aromatic heterocycles. The molecule has 0 aliphatic heterocycles. The van der Waals surface area contributed by atoms with E-state index in [2.05, 4.69) is 32.8 Å². The quantitative estimate of drug-likeness (QED) is 0.633. The summed E-state index contributed by atoms with van der Waals surface area (Å²) in [5, 5.41) is 0. The van der Waals surface area contributed by atoms with Crippen molar-refractivity contribution in [1.82, 2.24) is 14.5 Å². The van der Waals surface area contributed by atoms with Crippen molar-refractivity contribution in [3.05, 3.63) is 23.1 Å². The summed E-state index contributed by atoms with van der Waals surface area (Å²) < 4.78 is 8.15. The number of nitrogens with zero attached hydrogens (tertiary/aromatic N) is 3. The highest BCUT2D eigenvalue weighted by Crippen LogP contribution is 2.14. The molecule has 0 aliphatic carbocycles. The highest BCUT2D eigenvalue weighted by molar-refractivity contribution is 9.10. The highest BCUT2D eigenvalue weighted by atomic mass is 79.9. The lowest BCUT2D eigenvalue weighted by Crippen LogP contribution is -2.02. The van der Waals surface area contributed by atoms with Crippen LogP contribution in [0.15, 0.2) is 23.1 Å². The molecule has 0 spiro atoms. The molecule has 0 amide bonds. The van der Waals surface area contributed by atoms with Crippen LogP contribution in [0.1, 0.15) is 13.3 Å². The second-order valence-electron chi connectivity index (χ2n) is 3.23. The Morgan fingerprint density at radius 1 is 1.47 bits per heavy atom. The van der Waals surface area contributed by atoms with E-state index in [9.17, 15) is 0 Å². The number of ether oxygens (including phenoxy) is 1. The van der Waals surface area contributed by atoms with Gasteiger partial charge >= 0.3 is 0 Å². The van der Waals surface area contributed by atoms with Gasteiger partial charge in [-0.3, -0.25) is 4.57 Å². The van der Waals surface area contributed by atoms with Crippen molar-refractivity contribution in [2.75, 3.05) is 6.61 Å². The van der Waals surface area contributed by atoms with Crippen LogP contribution in [0.4, 0.5) is 0 Å². The zero-order valence-corrected chi connectivity index (χ0v) is 10.1. The Hall–Kier alpha value is -0.940. The molecule has 0 aromatic carbocycles. The molecule has 0 N–H and O–H groups in total. The number of rotatable bonds is 4. The normalized spacial score (nSPS) is 11.1. The van der Waals surface area contributed by atoms with E-state index in [1.54, 1.807) is 6.33 Å². The summed E-state index contributed by atoms with van der Waals surface area (Å²) >= 11 is 3.34. The molecule has 2 heterocycles. The predicted octanol–water partition coefficient (Wildman–Crippen LogP) is 2.58. The predicted molar refractivity (Wildman–Crippen MR) is 61.5 cm³/mol. The third kappa shape index (κ3) is 2.35. The van der Waals surface area contributed by atoms with Crippen molar-refractivity contribution in [2.24, 2.45) is 0 Å². The summed E-state index contributed by atoms with van der Waals surface area (Å²) in [6.45, 7) is 3.35. The fourth-order valence-electron chi connectivity index (χ4n) is 1.32. The number of hydrogen-bond acceptors (Lipinski definition) is 3. The molecule has 0 saturated heterocycles. The van der Waals surface area contributed by atoms with Crippen molar-refractivity contribution in [3.63, 3.8) is 0 Å². The van der Waals surface area contributed by atoms with E-state index in [4.69, 9.17) is 4.74 Å². The lowest BCUT2D eigenvalue weighted by Gasteiger charge is -2.03. The fraction of sp³-hybridized carbons (Fsp3) is 0.400. The van der Waals surface area contributed by atoms with Crippen LogP contribution >= 0.6 is 15.9 Å². The van der Waals surface area contributed by atoms with Gasteiger partial charge in [-0.1, -0.05) is 6.92 Å². The van der Waals surface area contributed by atoms with Gasteiger partial charge in [-0.25, -0.2) is 9.97 Å². The number of pyridine rings is 1. The first-order valence-electron chi connectivity index (χ1n) is 4.86. The largest absolute Gasteiger partial charge is 0.361 e. The van der Waals surface area contributed by atoms with Crippen LogP contribution < -0.4 is 0 Å². The van der Waals surface area contributed by atoms with Crippen LogP contribution in [0.25, 0.3) is 11.2 Å².